The van der Waals surface area contributed by atoms with Gasteiger partial charge in [-0.25, -0.2) is 5.43 Å². The number of aromatic hydroxyl groups is 1. The monoisotopic (exact) mass is 465 g/mol. The zero-order valence-electron chi connectivity index (χ0n) is 18.6. The number of carbonyl (C=O) groups is 1. The Morgan fingerprint density at radius 3 is 2.50 bits per heavy atom. The van der Waals surface area contributed by atoms with E-state index in [9.17, 15) is 20.0 Å². The number of rotatable bonds is 10. The van der Waals surface area contributed by atoms with Gasteiger partial charge in [0.05, 0.1) is 30.4 Å². The Balaban J connectivity index is 1.65. The number of carbonyl (C=O) groups excluding carboxylic acids is 1. The smallest absolute Gasteiger partial charge is 0.275 e. The normalized spacial score (nSPS) is 10.6. The van der Waals surface area contributed by atoms with Gasteiger partial charge in [0.15, 0.2) is 11.5 Å². The number of ether oxygens (including phenoxy) is 3. The second-order valence-electron chi connectivity index (χ2n) is 6.93. The number of nitrogens with one attached hydrogen (secondary N) is 1. The average molecular weight is 465 g/mol. The lowest BCUT2D eigenvalue weighted by Crippen LogP contribution is -2.17. The Kier molecular flexibility index (Phi) is 8.01. The molecule has 2 N–H and O–H groups in total. The molecular formula is C24H23N3O7. The maximum absolute atomic E-state index is 12.2. The molecule has 0 aliphatic carbocycles. The van der Waals surface area contributed by atoms with E-state index in [-0.39, 0.29) is 23.6 Å². The van der Waals surface area contributed by atoms with Gasteiger partial charge in [0.25, 0.3) is 11.6 Å². The Morgan fingerprint density at radius 2 is 1.85 bits per heavy atom. The van der Waals surface area contributed by atoms with Gasteiger partial charge < -0.3 is 19.3 Å². The zero-order valence-corrected chi connectivity index (χ0v) is 18.6. The third-order valence-corrected chi connectivity index (χ3v) is 4.64. The fraction of sp³-hybridized carbons (Fsp3) is 0.167. The van der Waals surface area contributed by atoms with Crippen LogP contribution in [0.1, 0.15) is 28.4 Å². The molecule has 0 aliphatic heterocycles. The van der Waals surface area contributed by atoms with Gasteiger partial charge in [-0.1, -0.05) is 0 Å². The van der Waals surface area contributed by atoms with E-state index in [2.05, 4.69) is 10.5 Å². The quantitative estimate of drug-likeness (QED) is 0.262. The highest BCUT2D eigenvalue weighted by atomic mass is 16.6. The van der Waals surface area contributed by atoms with E-state index in [1.807, 2.05) is 6.92 Å². The molecule has 0 spiro atoms. The van der Waals surface area contributed by atoms with Crippen LogP contribution in [0.4, 0.5) is 5.69 Å². The topological polar surface area (TPSA) is 133 Å². The highest BCUT2D eigenvalue weighted by Crippen LogP contribution is 2.29. The molecule has 0 saturated heterocycles. The first-order chi connectivity index (χ1) is 16.4. The summed E-state index contributed by atoms with van der Waals surface area (Å²) in [4.78, 5) is 22.6. The van der Waals surface area contributed by atoms with Gasteiger partial charge in [-0.3, -0.25) is 14.9 Å². The Hall–Kier alpha value is -4.60. The minimum Gasteiger partial charge on any atom is -0.507 e. The molecule has 34 heavy (non-hydrogen) atoms. The number of phenols is 1. The lowest BCUT2D eigenvalue weighted by atomic mass is 10.2. The number of phenolic OH excluding ortho intramolecular Hbond substituents is 1. The molecule has 0 saturated carbocycles. The number of nitro benzene ring substituents is 1. The van der Waals surface area contributed by atoms with Gasteiger partial charge in [0.2, 0.25) is 0 Å². The number of methoxy groups -OCH3 is 1. The third-order valence-electron chi connectivity index (χ3n) is 4.64. The highest BCUT2D eigenvalue weighted by molar-refractivity contribution is 5.97. The molecule has 0 aliphatic rings. The van der Waals surface area contributed by atoms with Gasteiger partial charge in [0.1, 0.15) is 18.1 Å². The molecule has 0 aromatic heterocycles. The summed E-state index contributed by atoms with van der Waals surface area (Å²) < 4.78 is 16.5. The summed E-state index contributed by atoms with van der Waals surface area (Å²) in [7, 11) is 1.46. The predicted octanol–water partition coefficient (Wildman–Crippen LogP) is 4.05. The lowest BCUT2D eigenvalue weighted by molar-refractivity contribution is -0.384. The summed E-state index contributed by atoms with van der Waals surface area (Å²) in [6, 6.07) is 15.6. The Bertz CT molecular complexity index is 1190. The molecular weight excluding hydrogens is 442 g/mol. The molecule has 10 heteroatoms. The maximum atomic E-state index is 12.2. The van der Waals surface area contributed by atoms with Gasteiger partial charge >= 0.3 is 0 Å². The number of non-ortho nitro benzene ring substituents is 1. The highest BCUT2D eigenvalue weighted by Gasteiger charge is 2.12. The van der Waals surface area contributed by atoms with Crippen molar-refractivity contribution >= 4 is 17.8 Å². The first-order valence-electron chi connectivity index (χ1n) is 10.2. The number of nitro groups is 1. The summed E-state index contributed by atoms with van der Waals surface area (Å²) in [5.74, 6) is 0.596. The molecule has 0 unspecified atom stereocenters. The van der Waals surface area contributed by atoms with E-state index in [1.54, 1.807) is 36.4 Å². The van der Waals surface area contributed by atoms with Gasteiger partial charge in [0, 0.05) is 18.2 Å². The van der Waals surface area contributed by atoms with Crippen molar-refractivity contribution in [1.82, 2.24) is 5.43 Å². The van der Waals surface area contributed by atoms with Crippen molar-refractivity contribution in [3.05, 3.63) is 87.5 Å². The van der Waals surface area contributed by atoms with E-state index in [0.29, 0.717) is 29.4 Å². The van der Waals surface area contributed by atoms with Crippen molar-refractivity contribution in [3.63, 3.8) is 0 Å². The number of nitrogens with zero attached hydrogens (tertiary/aromatic N) is 2. The van der Waals surface area contributed by atoms with Gasteiger partial charge in [-0.2, -0.15) is 5.10 Å². The van der Waals surface area contributed by atoms with E-state index in [4.69, 9.17) is 14.2 Å². The molecule has 3 rings (SSSR count). The molecule has 0 heterocycles. The molecule has 0 bridgehead atoms. The second kappa shape index (κ2) is 11.3. The summed E-state index contributed by atoms with van der Waals surface area (Å²) in [6.07, 6.45) is 1.43. The molecule has 10 nitrogen and oxygen atoms in total. The average Bonchev–Trinajstić information content (AvgIpc) is 2.83. The fourth-order valence-corrected chi connectivity index (χ4v) is 2.92. The van der Waals surface area contributed by atoms with Crippen molar-refractivity contribution in [2.24, 2.45) is 5.10 Å². The van der Waals surface area contributed by atoms with Crippen LogP contribution in [0.5, 0.6) is 23.0 Å². The van der Waals surface area contributed by atoms with E-state index in [0.717, 1.165) is 5.56 Å². The number of hydrazone groups is 1. The van der Waals surface area contributed by atoms with Crippen molar-refractivity contribution in [1.29, 1.82) is 0 Å². The fourth-order valence-electron chi connectivity index (χ4n) is 2.92. The minimum atomic E-state index is -0.579. The lowest BCUT2D eigenvalue weighted by Gasteiger charge is -2.12. The zero-order chi connectivity index (χ0) is 24.5. The van der Waals surface area contributed by atoms with Crippen LogP contribution in [0.15, 0.2) is 65.8 Å². The third kappa shape index (κ3) is 6.22. The predicted molar refractivity (Wildman–Crippen MR) is 125 cm³/mol. The molecule has 3 aromatic carbocycles. The molecule has 1 amide bonds. The SMILES string of the molecule is CCOc1cc(/C=N\NC(=O)c2ccc(OC)cc2O)ccc1OCc1ccc([N+](=O)[O-])cc1. The standard InChI is InChI=1S/C24H23N3O7/c1-3-33-23-12-17(14-25-26-24(29)20-10-9-19(32-2)13-21(20)28)6-11-22(23)34-15-16-4-7-18(8-5-16)27(30)31/h4-14,28H,3,15H2,1-2H3,(H,26,29)/b25-14-. The molecule has 0 radical (unpaired) electrons. The minimum absolute atomic E-state index is 0.0108. The molecule has 0 fully saturated rings. The molecule has 3 aromatic rings. The van der Waals surface area contributed by atoms with Crippen LogP contribution in [-0.4, -0.2) is 35.9 Å². The Morgan fingerprint density at radius 1 is 1.09 bits per heavy atom. The van der Waals surface area contributed by atoms with Crippen LogP contribution < -0.4 is 19.6 Å². The van der Waals surface area contributed by atoms with Crippen LogP contribution in [0.3, 0.4) is 0 Å². The summed E-state index contributed by atoms with van der Waals surface area (Å²) in [6.45, 7) is 2.44. The van der Waals surface area contributed by atoms with Crippen LogP contribution in [0.2, 0.25) is 0 Å². The summed E-state index contributed by atoms with van der Waals surface area (Å²) in [5.41, 5.74) is 3.84. The van der Waals surface area contributed by atoms with Crippen LogP contribution in [0, 0.1) is 10.1 Å². The van der Waals surface area contributed by atoms with E-state index >= 15 is 0 Å². The van der Waals surface area contributed by atoms with Gasteiger partial charge in [-0.15, -0.1) is 0 Å². The van der Waals surface area contributed by atoms with E-state index in [1.165, 1.54) is 37.6 Å². The summed E-state index contributed by atoms with van der Waals surface area (Å²) in [5, 5.41) is 24.7. The molecule has 176 valence electrons. The Labute approximate surface area is 195 Å². The van der Waals surface area contributed by atoms with Crippen LogP contribution in [-0.2, 0) is 6.61 Å². The van der Waals surface area contributed by atoms with Gasteiger partial charge in [-0.05, 0) is 60.5 Å². The summed E-state index contributed by atoms with van der Waals surface area (Å²) >= 11 is 0. The van der Waals surface area contributed by atoms with Crippen LogP contribution in [0.25, 0.3) is 0 Å². The van der Waals surface area contributed by atoms with Crippen LogP contribution >= 0.6 is 0 Å². The second-order valence-corrected chi connectivity index (χ2v) is 6.93. The number of benzene rings is 3. The van der Waals surface area contributed by atoms with E-state index < -0.39 is 10.8 Å². The van der Waals surface area contributed by atoms with Crippen molar-refractivity contribution in [2.75, 3.05) is 13.7 Å². The largest absolute Gasteiger partial charge is 0.507 e. The molecule has 0 atom stereocenters. The first-order valence-corrected chi connectivity index (χ1v) is 10.2. The number of hydrogen-bond acceptors (Lipinski definition) is 8. The number of hydrogen-bond donors (Lipinski definition) is 2. The van der Waals surface area contributed by atoms with Crippen molar-refractivity contribution in [2.45, 2.75) is 13.5 Å². The number of amides is 1. The van der Waals surface area contributed by atoms with Crippen molar-refractivity contribution in [3.8, 4) is 23.0 Å². The van der Waals surface area contributed by atoms with Crippen molar-refractivity contribution < 1.29 is 29.0 Å². The first kappa shape index (κ1) is 24.1. The maximum Gasteiger partial charge on any atom is 0.275 e.